The van der Waals surface area contributed by atoms with Gasteiger partial charge in [0.25, 0.3) is 0 Å². The minimum Gasteiger partial charge on any atom is -0.463 e. The lowest BCUT2D eigenvalue weighted by molar-refractivity contribution is -0.270. The molecule has 40 heavy (non-hydrogen) atoms. The second-order valence-electron chi connectivity index (χ2n) is 9.10. The number of carbonyl (C=O) groups is 6. The normalized spacial score (nSPS) is 25.9. The summed E-state index contributed by atoms with van der Waals surface area (Å²) in [5.74, 6) is -3.20. The third-order valence-electron chi connectivity index (χ3n) is 5.67. The molecular formula is C23H31N5O12. The standard InChI is InChI=1S/C23H31N5O12/c1-11(29)24-6-17-9-27(23(34)39-17)7-16-8-28(26-25-16)22-21(38-15(5)33)20(37-14(4)32)19(36-13(3)31)18(40-22)10-35-12(2)30/h8,17-22H,6-7,9-10H2,1-5H3,(H,24,29)/t17?,18-,19+,20+,21-,22-/m1/s1. The largest absolute Gasteiger partial charge is 0.463 e. The summed E-state index contributed by atoms with van der Waals surface area (Å²) in [4.78, 5) is 72.2. The molecule has 2 amide bonds. The number of aromatic nitrogens is 3. The first-order chi connectivity index (χ1) is 18.8. The molecule has 220 valence electrons. The highest BCUT2D eigenvalue weighted by Crippen LogP contribution is 2.34. The van der Waals surface area contributed by atoms with Crippen molar-refractivity contribution < 1.29 is 57.2 Å². The maximum atomic E-state index is 12.3. The molecule has 0 saturated carbocycles. The summed E-state index contributed by atoms with van der Waals surface area (Å²) in [6.07, 6.45) is -6.25. The zero-order valence-electron chi connectivity index (χ0n) is 22.6. The Morgan fingerprint density at radius 2 is 1.57 bits per heavy atom. The first-order valence-electron chi connectivity index (χ1n) is 12.2. The Bertz CT molecular complexity index is 1140. The van der Waals surface area contributed by atoms with E-state index >= 15 is 0 Å². The lowest BCUT2D eigenvalue weighted by atomic mass is 9.97. The number of carbonyl (C=O) groups excluding carboxylic acids is 6. The average molecular weight is 570 g/mol. The van der Waals surface area contributed by atoms with Crippen LogP contribution >= 0.6 is 0 Å². The van der Waals surface area contributed by atoms with Gasteiger partial charge in [-0.1, -0.05) is 5.21 Å². The molecule has 3 heterocycles. The predicted octanol–water partition coefficient (Wildman–Crippen LogP) is -1.01. The molecule has 6 atom stereocenters. The van der Waals surface area contributed by atoms with Gasteiger partial charge in [-0.15, -0.1) is 5.10 Å². The minimum atomic E-state index is -1.37. The van der Waals surface area contributed by atoms with Crippen LogP contribution in [0, 0.1) is 0 Å². The summed E-state index contributed by atoms with van der Waals surface area (Å²) in [7, 11) is 0. The molecule has 0 aliphatic carbocycles. The summed E-state index contributed by atoms with van der Waals surface area (Å²) >= 11 is 0. The van der Waals surface area contributed by atoms with Crippen molar-refractivity contribution in [2.75, 3.05) is 19.7 Å². The van der Waals surface area contributed by atoms with Crippen molar-refractivity contribution in [3.63, 3.8) is 0 Å². The zero-order valence-corrected chi connectivity index (χ0v) is 22.6. The molecule has 3 rings (SSSR count). The average Bonchev–Trinajstić information content (AvgIpc) is 3.44. The fourth-order valence-electron chi connectivity index (χ4n) is 4.19. The van der Waals surface area contributed by atoms with Gasteiger partial charge >= 0.3 is 30.0 Å². The summed E-state index contributed by atoms with van der Waals surface area (Å²) in [6.45, 7) is 5.79. The maximum absolute atomic E-state index is 12.3. The predicted molar refractivity (Wildman–Crippen MR) is 127 cm³/mol. The molecule has 0 bridgehead atoms. The SMILES string of the molecule is CC(=O)NCC1CN(Cc2cn([C@@H]3O[C@H](COC(C)=O)[C@H](OC(C)=O)[C@H](OC(C)=O)[C@H]3OC(C)=O)nn2)C(=O)O1. The topological polar surface area (TPSA) is 204 Å². The molecule has 17 nitrogen and oxygen atoms in total. The Morgan fingerprint density at radius 1 is 0.950 bits per heavy atom. The van der Waals surface area contributed by atoms with Gasteiger partial charge in [-0.25, -0.2) is 9.48 Å². The van der Waals surface area contributed by atoms with Gasteiger partial charge in [-0.2, -0.15) is 0 Å². The molecule has 2 fully saturated rings. The zero-order chi connectivity index (χ0) is 29.6. The molecule has 1 N–H and O–H groups in total. The second kappa shape index (κ2) is 13.2. The first-order valence-corrected chi connectivity index (χ1v) is 12.2. The number of nitrogens with zero attached hydrogens (tertiary/aromatic N) is 4. The third kappa shape index (κ3) is 8.11. The summed E-state index contributed by atoms with van der Waals surface area (Å²) in [5, 5.41) is 10.7. The van der Waals surface area contributed by atoms with Crippen LogP contribution in [0.4, 0.5) is 4.79 Å². The first kappa shape index (κ1) is 30.3. The lowest BCUT2D eigenvalue weighted by Gasteiger charge is -2.44. The number of rotatable bonds is 10. The molecule has 0 radical (unpaired) electrons. The smallest absolute Gasteiger partial charge is 0.410 e. The maximum Gasteiger partial charge on any atom is 0.410 e. The Morgan fingerprint density at radius 3 is 2.17 bits per heavy atom. The molecule has 0 aromatic carbocycles. The fourth-order valence-corrected chi connectivity index (χ4v) is 4.19. The Hall–Kier alpha value is -4.28. The van der Waals surface area contributed by atoms with Crippen molar-refractivity contribution in [1.29, 1.82) is 0 Å². The van der Waals surface area contributed by atoms with Gasteiger partial charge in [0.05, 0.1) is 25.8 Å². The molecule has 2 saturated heterocycles. The number of esters is 4. The quantitative estimate of drug-likeness (QED) is 0.265. The number of cyclic esters (lactones) is 1. The molecule has 1 aromatic rings. The summed E-state index contributed by atoms with van der Waals surface area (Å²) in [6, 6.07) is 0. The van der Waals surface area contributed by atoms with Crippen LogP contribution in [0.5, 0.6) is 0 Å². The van der Waals surface area contributed by atoms with Gasteiger partial charge in [0.1, 0.15) is 24.5 Å². The minimum absolute atomic E-state index is 0.0132. The van der Waals surface area contributed by atoms with Crippen molar-refractivity contribution in [3.8, 4) is 0 Å². The number of nitrogens with one attached hydrogen (secondary N) is 1. The van der Waals surface area contributed by atoms with Gasteiger partial charge < -0.3 is 33.7 Å². The van der Waals surface area contributed by atoms with Crippen molar-refractivity contribution >= 4 is 35.9 Å². The van der Waals surface area contributed by atoms with Crippen LogP contribution in [-0.4, -0.2) is 106 Å². The molecule has 0 spiro atoms. The van der Waals surface area contributed by atoms with Gasteiger partial charge in [-0.05, 0) is 0 Å². The third-order valence-corrected chi connectivity index (χ3v) is 5.67. The number of amides is 2. The molecule has 1 unspecified atom stereocenters. The lowest BCUT2D eigenvalue weighted by Crippen LogP contribution is -2.60. The Kier molecular flexibility index (Phi) is 9.98. The van der Waals surface area contributed by atoms with Crippen molar-refractivity contribution in [2.45, 2.75) is 77.9 Å². The summed E-state index contributed by atoms with van der Waals surface area (Å²) < 4.78 is 33.7. The van der Waals surface area contributed by atoms with Crippen molar-refractivity contribution in [2.24, 2.45) is 0 Å². The highest BCUT2D eigenvalue weighted by Gasteiger charge is 2.53. The fraction of sp³-hybridized carbons (Fsp3) is 0.652. The van der Waals surface area contributed by atoms with Crippen LogP contribution in [-0.2, 0) is 58.9 Å². The highest BCUT2D eigenvalue weighted by molar-refractivity contribution is 5.73. The van der Waals surface area contributed by atoms with Gasteiger partial charge in [0.15, 0.2) is 24.5 Å². The van der Waals surface area contributed by atoms with Crippen molar-refractivity contribution in [3.05, 3.63) is 11.9 Å². The molecular weight excluding hydrogens is 538 g/mol. The van der Waals surface area contributed by atoms with E-state index in [1.807, 2.05) is 0 Å². The van der Waals surface area contributed by atoms with Crippen LogP contribution in [0.3, 0.4) is 0 Å². The van der Waals surface area contributed by atoms with Crippen LogP contribution in [0.25, 0.3) is 0 Å². The van der Waals surface area contributed by atoms with E-state index in [9.17, 15) is 28.8 Å². The molecule has 1 aromatic heterocycles. The van der Waals surface area contributed by atoms with Crippen LogP contribution < -0.4 is 5.32 Å². The van der Waals surface area contributed by atoms with E-state index in [4.69, 9.17) is 28.4 Å². The van der Waals surface area contributed by atoms with Crippen molar-refractivity contribution in [1.82, 2.24) is 25.2 Å². The molecule has 2 aliphatic heterocycles. The summed E-state index contributed by atoms with van der Waals surface area (Å²) in [5.41, 5.74) is 0.296. The van der Waals surface area contributed by atoms with Crippen LogP contribution in [0.1, 0.15) is 46.5 Å². The van der Waals surface area contributed by atoms with E-state index in [-0.39, 0.29) is 25.5 Å². The number of ether oxygens (including phenoxy) is 6. The number of hydrogen-bond donors (Lipinski definition) is 1. The van der Waals surface area contributed by atoms with E-state index in [0.29, 0.717) is 5.69 Å². The van der Waals surface area contributed by atoms with Crippen LogP contribution in [0.15, 0.2) is 6.20 Å². The monoisotopic (exact) mass is 569 g/mol. The van der Waals surface area contributed by atoms with E-state index in [2.05, 4.69) is 15.6 Å². The highest BCUT2D eigenvalue weighted by atomic mass is 16.7. The van der Waals surface area contributed by atoms with Gasteiger partial charge in [0, 0.05) is 34.6 Å². The van der Waals surface area contributed by atoms with E-state index in [0.717, 1.165) is 20.8 Å². The van der Waals surface area contributed by atoms with E-state index in [1.165, 1.54) is 29.6 Å². The van der Waals surface area contributed by atoms with E-state index < -0.39 is 73.3 Å². The number of hydrogen-bond acceptors (Lipinski definition) is 14. The van der Waals surface area contributed by atoms with E-state index in [1.54, 1.807) is 0 Å². The molecule has 2 aliphatic rings. The molecule has 17 heteroatoms. The second-order valence-corrected chi connectivity index (χ2v) is 9.10. The van der Waals surface area contributed by atoms with Gasteiger partial charge in [-0.3, -0.25) is 28.9 Å². The van der Waals surface area contributed by atoms with Gasteiger partial charge in [0.2, 0.25) is 5.91 Å². The Balaban J connectivity index is 1.88. The Labute approximate surface area is 228 Å². The van der Waals surface area contributed by atoms with Crippen LogP contribution in [0.2, 0.25) is 0 Å².